The van der Waals surface area contributed by atoms with Crippen molar-refractivity contribution in [2.75, 3.05) is 12.3 Å². The van der Waals surface area contributed by atoms with E-state index < -0.39 is 0 Å². The first-order chi connectivity index (χ1) is 8.57. The monoisotopic (exact) mass is 243 g/mol. The molecular formula is C14H17N3O. The van der Waals surface area contributed by atoms with Crippen molar-refractivity contribution in [3.63, 3.8) is 0 Å². The number of H-pyrrole nitrogens is 1. The van der Waals surface area contributed by atoms with Crippen molar-refractivity contribution in [3.05, 3.63) is 30.0 Å². The van der Waals surface area contributed by atoms with Crippen molar-refractivity contribution >= 4 is 22.5 Å². The van der Waals surface area contributed by atoms with E-state index in [1.165, 1.54) is 12.8 Å². The van der Waals surface area contributed by atoms with E-state index in [2.05, 4.69) is 17.2 Å². The first-order valence-corrected chi connectivity index (χ1v) is 6.22. The van der Waals surface area contributed by atoms with Crippen LogP contribution in [0.3, 0.4) is 0 Å². The molecule has 0 radical (unpaired) electrons. The maximum absolute atomic E-state index is 12.1. The SMILES string of the molecule is CC1(CNC(=O)c2c[nH]c3ccc(N)cc23)CC1. The number of benzene rings is 1. The molecule has 0 unspecified atom stereocenters. The Labute approximate surface area is 106 Å². The topological polar surface area (TPSA) is 70.9 Å². The molecule has 1 aromatic heterocycles. The summed E-state index contributed by atoms with van der Waals surface area (Å²) in [5, 5.41) is 3.88. The number of hydrogen-bond acceptors (Lipinski definition) is 2. The molecule has 1 fully saturated rings. The average Bonchev–Trinajstić information content (AvgIpc) is 2.94. The van der Waals surface area contributed by atoms with Crippen molar-refractivity contribution in [3.8, 4) is 0 Å². The zero-order chi connectivity index (χ0) is 12.8. The van der Waals surface area contributed by atoms with E-state index in [-0.39, 0.29) is 5.91 Å². The predicted molar refractivity (Wildman–Crippen MR) is 72.4 cm³/mol. The van der Waals surface area contributed by atoms with Gasteiger partial charge in [0.2, 0.25) is 0 Å². The van der Waals surface area contributed by atoms with Crippen LogP contribution in [-0.4, -0.2) is 17.4 Å². The maximum Gasteiger partial charge on any atom is 0.253 e. The lowest BCUT2D eigenvalue weighted by molar-refractivity contribution is 0.0948. The highest BCUT2D eigenvalue weighted by Crippen LogP contribution is 2.44. The quantitative estimate of drug-likeness (QED) is 0.724. The number of aromatic amines is 1. The Kier molecular flexibility index (Phi) is 2.33. The number of fused-ring (bicyclic) bond motifs is 1. The van der Waals surface area contributed by atoms with Crippen LogP contribution in [0.1, 0.15) is 30.1 Å². The van der Waals surface area contributed by atoms with Crippen LogP contribution < -0.4 is 11.1 Å². The Morgan fingerprint density at radius 1 is 1.50 bits per heavy atom. The number of carbonyl (C=O) groups excluding carboxylic acids is 1. The summed E-state index contributed by atoms with van der Waals surface area (Å²) >= 11 is 0. The number of nitrogens with two attached hydrogens (primary N) is 1. The second-order valence-electron chi connectivity index (χ2n) is 5.50. The smallest absolute Gasteiger partial charge is 0.253 e. The Bertz CT molecular complexity index is 611. The second-order valence-corrected chi connectivity index (χ2v) is 5.50. The number of nitrogen functional groups attached to an aromatic ring is 1. The van der Waals surface area contributed by atoms with Gasteiger partial charge in [-0.2, -0.15) is 0 Å². The van der Waals surface area contributed by atoms with Crippen molar-refractivity contribution < 1.29 is 4.79 Å². The van der Waals surface area contributed by atoms with Crippen LogP contribution in [-0.2, 0) is 0 Å². The first-order valence-electron chi connectivity index (χ1n) is 6.22. The summed E-state index contributed by atoms with van der Waals surface area (Å²) in [4.78, 5) is 15.2. The fourth-order valence-electron chi connectivity index (χ4n) is 2.11. The summed E-state index contributed by atoms with van der Waals surface area (Å²) in [5.41, 5.74) is 8.36. The summed E-state index contributed by atoms with van der Waals surface area (Å²) in [7, 11) is 0. The van der Waals surface area contributed by atoms with Gasteiger partial charge in [-0.15, -0.1) is 0 Å². The summed E-state index contributed by atoms with van der Waals surface area (Å²) in [6.45, 7) is 2.95. The number of nitrogens with one attached hydrogen (secondary N) is 2. The van der Waals surface area contributed by atoms with Crippen molar-refractivity contribution in [2.45, 2.75) is 19.8 Å². The van der Waals surface area contributed by atoms with Gasteiger partial charge in [-0.3, -0.25) is 4.79 Å². The molecule has 0 spiro atoms. The molecule has 94 valence electrons. The van der Waals surface area contributed by atoms with Gasteiger partial charge < -0.3 is 16.0 Å². The van der Waals surface area contributed by atoms with Crippen LogP contribution in [0, 0.1) is 5.41 Å². The highest BCUT2D eigenvalue weighted by molar-refractivity contribution is 6.07. The van der Waals surface area contributed by atoms with Gasteiger partial charge in [-0.05, 0) is 36.5 Å². The fraction of sp³-hybridized carbons (Fsp3) is 0.357. The van der Waals surface area contributed by atoms with Gasteiger partial charge >= 0.3 is 0 Å². The molecule has 1 aliphatic carbocycles. The third-order valence-corrected chi connectivity index (χ3v) is 3.73. The molecule has 1 saturated carbocycles. The number of aromatic nitrogens is 1. The zero-order valence-electron chi connectivity index (χ0n) is 10.4. The van der Waals surface area contributed by atoms with E-state index in [0.29, 0.717) is 16.7 Å². The predicted octanol–water partition coefficient (Wildman–Crippen LogP) is 2.28. The third-order valence-electron chi connectivity index (χ3n) is 3.73. The number of carbonyl (C=O) groups is 1. The molecule has 2 aromatic rings. The van der Waals surface area contributed by atoms with E-state index in [0.717, 1.165) is 17.4 Å². The molecule has 4 N–H and O–H groups in total. The molecule has 4 nitrogen and oxygen atoms in total. The van der Waals surface area contributed by atoms with E-state index in [1.54, 1.807) is 6.20 Å². The number of amides is 1. The lowest BCUT2D eigenvalue weighted by Gasteiger charge is -2.09. The molecule has 4 heteroatoms. The summed E-state index contributed by atoms with van der Waals surface area (Å²) < 4.78 is 0. The van der Waals surface area contributed by atoms with Crippen LogP contribution in [0.25, 0.3) is 10.9 Å². The van der Waals surface area contributed by atoms with Crippen molar-refractivity contribution in [2.24, 2.45) is 5.41 Å². The Hall–Kier alpha value is -1.97. The molecule has 3 rings (SSSR count). The molecule has 1 heterocycles. The highest BCUT2D eigenvalue weighted by atomic mass is 16.1. The highest BCUT2D eigenvalue weighted by Gasteiger charge is 2.37. The van der Waals surface area contributed by atoms with Crippen LogP contribution in [0.4, 0.5) is 5.69 Å². The summed E-state index contributed by atoms with van der Waals surface area (Å²) in [6.07, 6.45) is 4.15. The number of rotatable bonds is 3. The van der Waals surface area contributed by atoms with Crippen molar-refractivity contribution in [1.29, 1.82) is 0 Å². The van der Waals surface area contributed by atoms with E-state index in [4.69, 9.17) is 5.73 Å². The molecule has 1 aromatic carbocycles. The van der Waals surface area contributed by atoms with Gasteiger partial charge in [-0.1, -0.05) is 6.92 Å². The van der Waals surface area contributed by atoms with E-state index >= 15 is 0 Å². The van der Waals surface area contributed by atoms with Crippen LogP contribution in [0.15, 0.2) is 24.4 Å². The van der Waals surface area contributed by atoms with Gasteiger partial charge in [0.15, 0.2) is 0 Å². The van der Waals surface area contributed by atoms with Gasteiger partial charge in [0.25, 0.3) is 5.91 Å². The first kappa shape index (κ1) is 11.1. The normalized spacial score (nSPS) is 16.7. The minimum atomic E-state index is -0.0278. The Balaban J connectivity index is 1.84. The number of anilines is 1. The van der Waals surface area contributed by atoms with Gasteiger partial charge in [-0.25, -0.2) is 0 Å². The lowest BCUT2D eigenvalue weighted by Crippen LogP contribution is -2.28. The maximum atomic E-state index is 12.1. The van der Waals surface area contributed by atoms with E-state index in [9.17, 15) is 4.79 Å². The van der Waals surface area contributed by atoms with E-state index in [1.807, 2.05) is 18.2 Å². The molecule has 1 amide bonds. The molecule has 0 aliphatic heterocycles. The fourth-order valence-corrected chi connectivity index (χ4v) is 2.11. The van der Waals surface area contributed by atoms with Crippen LogP contribution in [0.2, 0.25) is 0 Å². The third kappa shape index (κ3) is 1.94. The van der Waals surface area contributed by atoms with Crippen molar-refractivity contribution in [1.82, 2.24) is 10.3 Å². The van der Waals surface area contributed by atoms with Gasteiger partial charge in [0.05, 0.1) is 5.56 Å². The molecule has 18 heavy (non-hydrogen) atoms. The second kappa shape index (κ2) is 3.77. The molecular weight excluding hydrogens is 226 g/mol. The van der Waals surface area contributed by atoms with Gasteiger partial charge in [0.1, 0.15) is 0 Å². The number of hydrogen-bond donors (Lipinski definition) is 3. The lowest BCUT2D eigenvalue weighted by atomic mass is 10.1. The largest absolute Gasteiger partial charge is 0.399 e. The summed E-state index contributed by atoms with van der Waals surface area (Å²) in [6, 6.07) is 5.55. The minimum Gasteiger partial charge on any atom is -0.399 e. The van der Waals surface area contributed by atoms with Gasteiger partial charge in [0, 0.05) is 29.3 Å². The van der Waals surface area contributed by atoms with Crippen LogP contribution in [0.5, 0.6) is 0 Å². The molecule has 1 aliphatic rings. The molecule has 0 saturated heterocycles. The van der Waals surface area contributed by atoms with Crippen LogP contribution >= 0.6 is 0 Å². The Morgan fingerprint density at radius 3 is 3.00 bits per heavy atom. The molecule has 0 atom stereocenters. The zero-order valence-corrected chi connectivity index (χ0v) is 10.4. The average molecular weight is 243 g/mol. The Morgan fingerprint density at radius 2 is 2.28 bits per heavy atom. The molecule has 0 bridgehead atoms. The standard InChI is InChI=1S/C14H17N3O/c1-14(4-5-14)8-17-13(18)11-7-16-12-3-2-9(15)6-10(11)12/h2-3,6-7,16H,4-5,8,15H2,1H3,(H,17,18). The summed E-state index contributed by atoms with van der Waals surface area (Å²) in [5.74, 6) is -0.0278. The minimum absolute atomic E-state index is 0.0278.